The fourth-order valence-corrected chi connectivity index (χ4v) is 10.3. The lowest BCUT2D eigenvalue weighted by molar-refractivity contribution is -0.273. The lowest BCUT2D eigenvalue weighted by Gasteiger charge is -2.61. The summed E-state index contributed by atoms with van der Waals surface area (Å²) in [6, 6.07) is 0. The van der Waals surface area contributed by atoms with Crippen molar-refractivity contribution in [2.45, 2.75) is 110 Å². The molecule has 3 unspecified atom stereocenters. The van der Waals surface area contributed by atoms with Crippen molar-refractivity contribution in [2.75, 3.05) is 6.61 Å². The molecule has 4 aliphatic carbocycles. The molecule has 0 radical (unpaired) electrons. The van der Waals surface area contributed by atoms with Gasteiger partial charge in [-0.1, -0.05) is 27.7 Å². The summed E-state index contributed by atoms with van der Waals surface area (Å²) in [7, 11) is 0. The molecule has 170 valence electrons. The predicted molar refractivity (Wildman–Crippen MR) is 118 cm³/mol. The highest BCUT2D eigenvalue weighted by Gasteiger charge is 2.69. The molecule has 0 aromatic rings. The van der Waals surface area contributed by atoms with Crippen molar-refractivity contribution >= 4 is 0 Å². The summed E-state index contributed by atoms with van der Waals surface area (Å²) in [5.41, 5.74) is 0.899. The summed E-state index contributed by atoms with van der Waals surface area (Å²) in [5, 5.41) is 10.3. The SMILES string of the molecule is CC1C2C(C[C@H]3[C@@H]4CC[C@H]5C[C@@H](O)CC[C@]5(C)[C@H]4CC[C@]23C)O[C@]12CC[C@@H](C)CO2. The normalized spacial score (nSPS) is 62.5. The van der Waals surface area contributed by atoms with Gasteiger partial charge >= 0.3 is 0 Å². The Labute approximate surface area is 183 Å². The third-order valence-corrected chi connectivity index (χ3v) is 11.9. The highest BCUT2D eigenvalue weighted by Crippen LogP contribution is 2.71. The molecule has 3 heteroatoms. The molecular formula is C27H44O3. The van der Waals surface area contributed by atoms with Crippen LogP contribution in [0.15, 0.2) is 0 Å². The molecule has 3 nitrogen and oxygen atoms in total. The van der Waals surface area contributed by atoms with Gasteiger partial charge in [0, 0.05) is 12.3 Å². The number of rotatable bonds is 0. The molecule has 2 heterocycles. The van der Waals surface area contributed by atoms with Gasteiger partial charge in [0.05, 0.1) is 18.8 Å². The van der Waals surface area contributed by atoms with E-state index in [1.807, 2.05) is 0 Å². The summed E-state index contributed by atoms with van der Waals surface area (Å²) in [6.07, 6.45) is 12.9. The Hall–Kier alpha value is -0.120. The van der Waals surface area contributed by atoms with Crippen LogP contribution in [0.25, 0.3) is 0 Å². The van der Waals surface area contributed by atoms with Gasteiger partial charge in [0.15, 0.2) is 5.79 Å². The van der Waals surface area contributed by atoms with Crippen molar-refractivity contribution in [3.63, 3.8) is 0 Å². The van der Waals surface area contributed by atoms with Gasteiger partial charge in [-0.3, -0.25) is 0 Å². The first-order valence-corrected chi connectivity index (χ1v) is 13.3. The topological polar surface area (TPSA) is 38.7 Å². The van der Waals surface area contributed by atoms with E-state index in [-0.39, 0.29) is 11.9 Å². The Morgan fingerprint density at radius 2 is 1.63 bits per heavy atom. The molecular weight excluding hydrogens is 372 g/mol. The van der Waals surface area contributed by atoms with E-state index in [2.05, 4.69) is 27.7 Å². The van der Waals surface area contributed by atoms with E-state index in [1.54, 1.807) is 0 Å². The zero-order valence-corrected chi connectivity index (χ0v) is 19.7. The molecule has 6 fully saturated rings. The molecule has 1 spiro atoms. The van der Waals surface area contributed by atoms with Crippen LogP contribution >= 0.6 is 0 Å². The van der Waals surface area contributed by atoms with Crippen LogP contribution in [0.4, 0.5) is 0 Å². The molecule has 2 aliphatic heterocycles. The maximum absolute atomic E-state index is 10.3. The fourth-order valence-electron chi connectivity index (χ4n) is 10.3. The Morgan fingerprint density at radius 1 is 0.833 bits per heavy atom. The summed E-state index contributed by atoms with van der Waals surface area (Å²) in [6.45, 7) is 10.9. The Balaban J connectivity index is 1.26. The first-order valence-electron chi connectivity index (χ1n) is 13.3. The zero-order chi connectivity index (χ0) is 20.9. The van der Waals surface area contributed by atoms with E-state index >= 15 is 0 Å². The van der Waals surface area contributed by atoms with Crippen LogP contribution in [-0.2, 0) is 9.47 Å². The van der Waals surface area contributed by atoms with Gasteiger partial charge in [-0.25, -0.2) is 0 Å². The maximum Gasteiger partial charge on any atom is 0.171 e. The highest BCUT2D eigenvalue weighted by atomic mass is 16.7. The molecule has 0 amide bonds. The predicted octanol–water partition coefficient (Wildman–Crippen LogP) is 5.79. The molecule has 12 atom stereocenters. The van der Waals surface area contributed by atoms with Crippen LogP contribution in [0, 0.1) is 52.3 Å². The molecule has 6 aliphatic rings. The number of ether oxygens (including phenoxy) is 2. The Morgan fingerprint density at radius 3 is 2.40 bits per heavy atom. The quantitative estimate of drug-likeness (QED) is 0.543. The number of hydrogen-bond acceptors (Lipinski definition) is 3. The van der Waals surface area contributed by atoms with E-state index in [9.17, 15) is 5.11 Å². The van der Waals surface area contributed by atoms with Crippen molar-refractivity contribution in [3.05, 3.63) is 0 Å². The van der Waals surface area contributed by atoms with Crippen molar-refractivity contribution in [3.8, 4) is 0 Å². The second-order valence-corrected chi connectivity index (χ2v) is 13.1. The van der Waals surface area contributed by atoms with Gasteiger partial charge < -0.3 is 14.6 Å². The lowest BCUT2D eigenvalue weighted by Crippen LogP contribution is -2.55. The molecule has 0 aromatic carbocycles. The van der Waals surface area contributed by atoms with Gasteiger partial charge in [-0.15, -0.1) is 0 Å². The number of fused-ring (bicyclic) bond motifs is 7. The third kappa shape index (κ3) is 2.61. The smallest absolute Gasteiger partial charge is 0.171 e. The standard InChI is InChI=1S/C27H44O3/c1-16-7-12-27(29-15-16)17(2)24-23(30-27)14-22-20-6-5-18-13-19(28)8-10-25(18,3)21(20)9-11-26(22,24)4/h16-24,28H,5-15H2,1-4H3/t16-,17?,18+,19+,20-,21+,22+,23?,24?,25+,26+,27-/m1/s1. The molecule has 30 heavy (non-hydrogen) atoms. The third-order valence-electron chi connectivity index (χ3n) is 11.9. The molecule has 4 saturated carbocycles. The van der Waals surface area contributed by atoms with Crippen LogP contribution in [0.1, 0.15) is 91.9 Å². The molecule has 0 aromatic heterocycles. The molecule has 6 rings (SSSR count). The number of aliphatic hydroxyl groups is 1. The van der Waals surface area contributed by atoms with Gasteiger partial charge in [0.1, 0.15) is 0 Å². The zero-order valence-electron chi connectivity index (χ0n) is 19.7. The van der Waals surface area contributed by atoms with Gasteiger partial charge in [-0.2, -0.15) is 0 Å². The van der Waals surface area contributed by atoms with Crippen molar-refractivity contribution in [1.29, 1.82) is 0 Å². The van der Waals surface area contributed by atoms with Crippen molar-refractivity contribution < 1.29 is 14.6 Å². The summed E-state index contributed by atoms with van der Waals surface area (Å²) in [4.78, 5) is 0. The van der Waals surface area contributed by atoms with Crippen LogP contribution in [0.2, 0.25) is 0 Å². The van der Waals surface area contributed by atoms with E-state index in [0.29, 0.717) is 34.7 Å². The van der Waals surface area contributed by atoms with Gasteiger partial charge in [-0.05, 0) is 104 Å². The first-order chi connectivity index (χ1) is 14.3. The average Bonchev–Trinajstić information content (AvgIpc) is 3.16. The molecule has 1 N–H and O–H groups in total. The van der Waals surface area contributed by atoms with Crippen LogP contribution in [0.5, 0.6) is 0 Å². The first kappa shape index (κ1) is 20.5. The van der Waals surface area contributed by atoms with Crippen LogP contribution in [-0.4, -0.2) is 29.7 Å². The van der Waals surface area contributed by atoms with E-state index in [1.165, 1.54) is 44.9 Å². The minimum Gasteiger partial charge on any atom is -0.393 e. The van der Waals surface area contributed by atoms with E-state index < -0.39 is 0 Å². The lowest BCUT2D eigenvalue weighted by atomic mass is 9.44. The Bertz CT molecular complexity index is 684. The van der Waals surface area contributed by atoms with Crippen LogP contribution < -0.4 is 0 Å². The summed E-state index contributed by atoms with van der Waals surface area (Å²) >= 11 is 0. The molecule has 2 saturated heterocycles. The van der Waals surface area contributed by atoms with Crippen LogP contribution in [0.3, 0.4) is 0 Å². The molecule has 0 bridgehead atoms. The monoisotopic (exact) mass is 416 g/mol. The summed E-state index contributed by atoms with van der Waals surface area (Å²) in [5.74, 6) is 4.93. The second kappa shape index (κ2) is 6.70. The van der Waals surface area contributed by atoms with Crippen molar-refractivity contribution in [1.82, 2.24) is 0 Å². The largest absolute Gasteiger partial charge is 0.393 e. The number of aliphatic hydroxyl groups excluding tert-OH is 1. The fraction of sp³-hybridized carbons (Fsp3) is 1.00. The minimum atomic E-state index is -0.282. The second-order valence-electron chi connectivity index (χ2n) is 13.1. The minimum absolute atomic E-state index is 0.0389. The van der Waals surface area contributed by atoms with Gasteiger partial charge in [0.2, 0.25) is 0 Å². The Kier molecular flexibility index (Phi) is 4.58. The maximum atomic E-state index is 10.3. The summed E-state index contributed by atoms with van der Waals surface area (Å²) < 4.78 is 13.4. The number of hydrogen-bond donors (Lipinski definition) is 1. The van der Waals surface area contributed by atoms with E-state index in [0.717, 1.165) is 49.5 Å². The highest BCUT2D eigenvalue weighted by molar-refractivity contribution is 5.15. The van der Waals surface area contributed by atoms with Crippen molar-refractivity contribution in [2.24, 2.45) is 52.3 Å². The van der Waals surface area contributed by atoms with Gasteiger partial charge in [0.25, 0.3) is 0 Å². The van der Waals surface area contributed by atoms with E-state index in [4.69, 9.17) is 9.47 Å². The average molecular weight is 417 g/mol.